The van der Waals surface area contributed by atoms with Crippen LogP contribution in [0.4, 0.5) is 0 Å². The van der Waals surface area contributed by atoms with Crippen molar-refractivity contribution >= 4 is 25.1 Å². The fourth-order valence-corrected chi connectivity index (χ4v) is 6.55. The SMILES string of the molecule is CCOP(=O)(CCCOc1ccccc1-c1c(C)c(C(=O)NN2CCCCC2)nn1-c1ccc(Cl)cc1)OCC. The number of carbonyl (C=O) groups is 1. The number of hydrogen-bond acceptors (Lipinski definition) is 7. The molecule has 0 unspecified atom stereocenters. The molecule has 1 amide bonds. The molecule has 40 heavy (non-hydrogen) atoms. The number of benzene rings is 2. The maximum Gasteiger partial charge on any atom is 0.330 e. The van der Waals surface area contributed by atoms with Crippen LogP contribution in [0, 0.1) is 6.92 Å². The Morgan fingerprint density at radius 2 is 1.70 bits per heavy atom. The highest BCUT2D eigenvalue weighted by molar-refractivity contribution is 7.53. The van der Waals surface area contributed by atoms with E-state index in [4.69, 9.17) is 30.5 Å². The standard InChI is InChI=1S/C29H38ClN4O5P/c1-4-38-40(36,39-5-2)21-11-20-37-26-13-8-7-12-25(26)28-22(3)27(29(35)32-33-18-9-6-10-19-33)31-34(28)24-16-14-23(30)15-17-24/h7-8,12-17H,4-6,9-11,18-21H2,1-3H3,(H,32,35). The van der Waals surface area contributed by atoms with Crippen molar-refractivity contribution in [3.05, 3.63) is 64.8 Å². The van der Waals surface area contributed by atoms with Crippen molar-refractivity contribution in [1.82, 2.24) is 20.2 Å². The molecule has 0 aliphatic carbocycles. The Kier molecular flexibility index (Phi) is 10.8. The quantitative estimate of drug-likeness (QED) is 0.176. The summed E-state index contributed by atoms with van der Waals surface area (Å²) < 4.78 is 31.6. The third-order valence-electron chi connectivity index (χ3n) is 6.65. The van der Waals surface area contributed by atoms with E-state index in [-0.39, 0.29) is 12.1 Å². The van der Waals surface area contributed by atoms with Gasteiger partial charge < -0.3 is 13.8 Å². The molecule has 0 radical (unpaired) electrons. The van der Waals surface area contributed by atoms with E-state index in [9.17, 15) is 9.36 Å². The first kappa shape index (κ1) is 30.3. The number of nitrogens with one attached hydrogen (secondary N) is 1. The Labute approximate surface area is 241 Å². The molecule has 0 saturated carbocycles. The van der Waals surface area contributed by atoms with Crippen molar-refractivity contribution < 1.29 is 23.1 Å². The summed E-state index contributed by atoms with van der Waals surface area (Å²) in [6.07, 6.45) is 4.04. The average Bonchev–Trinajstić information content (AvgIpc) is 3.29. The van der Waals surface area contributed by atoms with Gasteiger partial charge in [0.15, 0.2) is 5.69 Å². The number of carbonyl (C=O) groups excluding carboxylic acids is 1. The molecule has 0 bridgehead atoms. The molecule has 4 rings (SSSR count). The topological polar surface area (TPSA) is 94.9 Å². The Morgan fingerprint density at radius 1 is 1.02 bits per heavy atom. The maximum absolute atomic E-state index is 13.4. The van der Waals surface area contributed by atoms with Gasteiger partial charge in [-0.3, -0.25) is 14.8 Å². The molecule has 0 spiro atoms. The van der Waals surface area contributed by atoms with Gasteiger partial charge in [-0.25, -0.2) is 9.69 Å². The number of aromatic nitrogens is 2. The molecule has 0 atom stereocenters. The Morgan fingerprint density at radius 3 is 2.38 bits per heavy atom. The van der Waals surface area contributed by atoms with Gasteiger partial charge in [-0.15, -0.1) is 0 Å². The first-order valence-corrected chi connectivity index (χ1v) is 16.0. The average molecular weight is 589 g/mol. The molecule has 216 valence electrons. The van der Waals surface area contributed by atoms with Crippen molar-refractivity contribution in [3.63, 3.8) is 0 Å². The lowest BCUT2D eigenvalue weighted by atomic mass is 10.0. The second-order valence-electron chi connectivity index (χ2n) is 9.57. The van der Waals surface area contributed by atoms with Gasteiger partial charge in [0.05, 0.1) is 37.4 Å². The van der Waals surface area contributed by atoms with Gasteiger partial charge in [0.2, 0.25) is 0 Å². The number of amides is 1. The Hall–Kier alpha value is -2.68. The third-order valence-corrected chi connectivity index (χ3v) is 9.07. The number of hydrazine groups is 1. The monoisotopic (exact) mass is 588 g/mol. The maximum atomic E-state index is 13.4. The summed E-state index contributed by atoms with van der Waals surface area (Å²) in [5.41, 5.74) is 6.42. The van der Waals surface area contributed by atoms with Gasteiger partial charge >= 0.3 is 7.60 Å². The molecule has 1 aromatic heterocycles. The van der Waals surface area contributed by atoms with Crippen molar-refractivity contribution in [1.29, 1.82) is 0 Å². The number of piperidine rings is 1. The fraction of sp³-hybridized carbons (Fsp3) is 0.448. The zero-order valence-electron chi connectivity index (χ0n) is 23.4. The number of para-hydroxylation sites is 1. The lowest BCUT2D eigenvalue weighted by Crippen LogP contribution is -2.45. The molecule has 1 fully saturated rings. The van der Waals surface area contributed by atoms with Crippen LogP contribution in [-0.2, 0) is 13.6 Å². The molecular formula is C29H38ClN4O5P. The van der Waals surface area contributed by atoms with E-state index in [1.54, 1.807) is 30.7 Å². The van der Waals surface area contributed by atoms with Crippen molar-refractivity contribution in [2.24, 2.45) is 0 Å². The first-order chi connectivity index (χ1) is 19.3. The highest BCUT2D eigenvalue weighted by Gasteiger charge is 2.26. The summed E-state index contributed by atoms with van der Waals surface area (Å²) in [7, 11) is -3.15. The lowest BCUT2D eigenvalue weighted by Gasteiger charge is -2.26. The van der Waals surface area contributed by atoms with Crippen molar-refractivity contribution in [2.75, 3.05) is 39.1 Å². The van der Waals surface area contributed by atoms with Crippen LogP contribution in [0.3, 0.4) is 0 Å². The number of nitrogens with zero attached hydrogens (tertiary/aromatic N) is 3. The molecule has 1 saturated heterocycles. The van der Waals surface area contributed by atoms with Crippen LogP contribution in [0.15, 0.2) is 48.5 Å². The summed E-state index contributed by atoms with van der Waals surface area (Å²) in [6.45, 7) is 8.11. The summed E-state index contributed by atoms with van der Waals surface area (Å²) in [5, 5.41) is 7.35. The van der Waals surface area contributed by atoms with Gasteiger partial charge in [-0.2, -0.15) is 5.10 Å². The predicted octanol–water partition coefficient (Wildman–Crippen LogP) is 6.67. The second kappa shape index (κ2) is 14.3. The summed E-state index contributed by atoms with van der Waals surface area (Å²) >= 11 is 6.16. The normalized spacial score (nSPS) is 14.3. The van der Waals surface area contributed by atoms with Gasteiger partial charge in [-0.1, -0.05) is 30.2 Å². The highest BCUT2D eigenvalue weighted by atomic mass is 35.5. The molecule has 1 N–H and O–H groups in total. The summed E-state index contributed by atoms with van der Waals surface area (Å²) in [5.74, 6) is 0.390. The van der Waals surface area contributed by atoms with Crippen LogP contribution >= 0.6 is 19.2 Å². The van der Waals surface area contributed by atoms with E-state index < -0.39 is 7.60 Å². The van der Waals surface area contributed by atoms with E-state index in [0.29, 0.717) is 42.7 Å². The van der Waals surface area contributed by atoms with E-state index in [1.807, 2.05) is 48.3 Å². The zero-order chi connectivity index (χ0) is 28.5. The summed E-state index contributed by atoms with van der Waals surface area (Å²) in [6, 6.07) is 15.0. The molecular weight excluding hydrogens is 551 g/mol. The van der Waals surface area contributed by atoms with Crippen LogP contribution in [0.2, 0.25) is 5.02 Å². The number of halogens is 1. The minimum atomic E-state index is -3.15. The van der Waals surface area contributed by atoms with Crippen LogP contribution < -0.4 is 10.2 Å². The second-order valence-corrected chi connectivity index (χ2v) is 12.2. The van der Waals surface area contributed by atoms with E-state index in [1.165, 1.54) is 6.42 Å². The zero-order valence-corrected chi connectivity index (χ0v) is 25.0. The molecule has 11 heteroatoms. The minimum absolute atomic E-state index is 0.241. The minimum Gasteiger partial charge on any atom is -0.493 e. The van der Waals surface area contributed by atoms with Crippen LogP contribution in [0.5, 0.6) is 5.75 Å². The van der Waals surface area contributed by atoms with E-state index in [2.05, 4.69) is 5.43 Å². The summed E-state index contributed by atoms with van der Waals surface area (Å²) in [4.78, 5) is 13.4. The van der Waals surface area contributed by atoms with E-state index in [0.717, 1.165) is 48.4 Å². The van der Waals surface area contributed by atoms with Crippen LogP contribution in [0.1, 0.15) is 55.6 Å². The number of hydrogen-bond donors (Lipinski definition) is 1. The third kappa shape index (κ3) is 7.53. The predicted molar refractivity (Wildman–Crippen MR) is 157 cm³/mol. The molecule has 9 nitrogen and oxygen atoms in total. The van der Waals surface area contributed by atoms with Crippen molar-refractivity contribution in [3.8, 4) is 22.7 Å². The number of ether oxygens (including phenoxy) is 1. The van der Waals surface area contributed by atoms with Crippen molar-refractivity contribution in [2.45, 2.75) is 46.5 Å². The van der Waals surface area contributed by atoms with Gasteiger partial charge in [0.1, 0.15) is 5.75 Å². The lowest BCUT2D eigenvalue weighted by molar-refractivity contribution is 0.0743. The smallest absolute Gasteiger partial charge is 0.330 e. The highest BCUT2D eigenvalue weighted by Crippen LogP contribution is 2.48. The first-order valence-electron chi connectivity index (χ1n) is 13.9. The van der Waals surface area contributed by atoms with Crippen LogP contribution in [-0.4, -0.2) is 59.8 Å². The van der Waals surface area contributed by atoms with Gasteiger partial charge in [0.25, 0.3) is 5.91 Å². The van der Waals surface area contributed by atoms with Gasteiger partial charge in [-0.05, 0) is 76.4 Å². The molecule has 1 aliphatic heterocycles. The van der Waals surface area contributed by atoms with E-state index >= 15 is 0 Å². The Bertz CT molecular complexity index is 1310. The number of rotatable bonds is 13. The van der Waals surface area contributed by atoms with Gasteiger partial charge in [0, 0.05) is 29.2 Å². The molecule has 3 aromatic rings. The molecule has 2 aromatic carbocycles. The molecule has 2 heterocycles. The van der Waals surface area contributed by atoms with Crippen LogP contribution in [0.25, 0.3) is 16.9 Å². The largest absolute Gasteiger partial charge is 0.493 e. The fourth-order valence-electron chi connectivity index (χ4n) is 4.79. The molecule has 1 aliphatic rings. The Balaban J connectivity index is 1.63.